The summed E-state index contributed by atoms with van der Waals surface area (Å²) in [5, 5.41) is 4.17. The summed E-state index contributed by atoms with van der Waals surface area (Å²) in [6.07, 6.45) is 0. The molecule has 0 bridgehead atoms. The van der Waals surface area contributed by atoms with E-state index in [0.717, 1.165) is 21.0 Å². The lowest BCUT2D eigenvalue weighted by Gasteiger charge is -2.24. The molecule has 0 aliphatic rings. The van der Waals surface area contributed by atoms with Crippen LogP contribution >= 0.6 is 0 Å². The predicted molar refractivity (Wildman–Crippen MR) is 142 cm³/mol. The number of carbonyl (C=O) groups is 1. The summed E-state index contributed by atoms with van der Waals surface area (Å²) in [6.45, 7) is 7.00. The Hall–Kier alpha value is -3.85. The van der Waals surface area contributed by atoms with E-state index >= 15 is 0 Å². The van der Waals surface area contributed by atoms with Gasteiger partial charge in [0.15, 0.2) is 11.5 Å². The van der Waals surface area contributed by atoms with Gasteiger partial charge in [-0.05, 0) is 81.3 Å². The first-order chi connectivity index (χ1) is 17.1. The van der Waals surface area contributed by atoms with Crippen LogP contribution in [0.15, 0.2) is 70.7 Å². The van der Waals surface area contributed by atoms with E-state index in [2.05, 4.69) is 10.5 Å². The topological polar surface area (TPSA) is 97.3 Å². The van der Waals surface area contributed by atoms with Gasteiger partial charge in [0.2, 0.25) is 0 Å². The van der Waals surface area contributed by atoms with Crippen molar-refractivity contribution in [2.45, 2.75) is 32.6 Å². The first-order valence-corrected chi connectivity index (χ1v) is 12.7. The number of ether oxygens (including phenoxy) is 2. The van der Waals surface area contributed by atoms with E-state index in [1.165, 1.54) is 19.2 Å². The second-order valence-corrected chi connectivity index (χ2v) is 10.3. The van der Waals surface area contributed by atoms with Crippen molar-refractivity contribution in [2.75, 3.05) is 25.1 Å². The van der Waals surface area contributed by atoms with E-state index in [4.69, 9.17) is 9.47 Å². The molecular weight excluding hydrogens is 478 g/mol. The summed E-state index contributed by atoms with van der Waals surface area (Å²) < 4.78 is 38.8. The number of amides is 1. The van der Waals surface area contributed by atoms with Gasteiger partial charge in [-0.1, -0.05) is 23.8 Å². The van der Waals surface area contributed by atoms with Crippen LogP contribution in [-0.4, -0.2) is 40.8 Å². The summed E-state index contributed by atoms with van der Waals surface area (Å²) >= 11 is 0. The molecule has 9 heteroatoms. The van der Waals surface area contributed by atoms with Crippen molar-refractivity contribution >= 4 is 27.3 Å². The Labute approximate surface area is 212 Å². The van der Waals surface area contributed by atoms with Gasteiger partial charge in [0.1, 0.15) is 6.54 Å². The standard InChI is InChI=1S/C27H31N3O5S/c1-18-7-12-24(13-8-18)36(32,33)30(23-11-9-19(2)20(3)15-23)17-27(31)29-28-21(4)22-10-14-25(34-5)26(16-22)35-6/h7-16H,17H2,1-6H3,(H,29,31)/b28-21-. The first kappa shape index (κ1) is 26.7. The minimum Gasteiger partial charge on any atom is -0.493 e. The summed E-state index contributed by atoms with van der Waals surface area (Å²) in [6, 6.07) is 17.1. The fourth-order valence-corrected chi connectivity index (χ4v) is 4.88. The predicted octanol–water partition coefficient (Wildman–Crippen LogP) is 4.36. The van der Waals surface area contributed by atoms with E-state index in [0.29, 0.717) is 28.5 Å². The average molecular weight is 510 g/mol. The van der Waals surface area contributed by atoms with Crippen LogP contribution in [0.1, 0.15) is 29.2 Å². The molecule has 0 saturated heterocycles. The van der Waals surface area contributed by atoms with E-state index in [-0.39, 0.29) is 4.90 Å². The molecule has 0 radical (unpaired) electrons. The molecule has 3 aromatic carbocycles. The van der Waals surface area contributed by atoms with E-state index in [1.807, 2.05) is 26.8 Å². The molecule has 3 rings (SSSR count). The highest BCUT2D eigenvalue weighted by Gasteiger charge is 2.27. The Morgan fingerprint density at radius 1 is 0.889 bits per heavy atom. The molecule has 1 N–H and O–H groups in total. The van der Waals surface area contributed by atoms with Crippen LogP contribution in [0.25, 0.3) is 0 Å². The van der Waals surface area contributed by atoms with Crippen LogP contribution in [0.3, 0.4) is 0 Å². The Balaban J connectivity index is 1.89. The third kappa shape index (κ3) is 6.04. The molecule has 36 heavy (non-hydrogen) atoms. The zero-order valence-corrected chi connectivity index (χ0v) is 22.1. The molecule has 0 aliphatic heterocycles. The van der Waals surface area contributed by atoms with Crippen LogP contribution in [0.4, 0.5) is 5.69 Å². The van der Waals surface area contributed by atoms with Crippen LogP contribution in [0, 0.1) is 20.8 Å². The monoisotopic (exact) mass is 509 g/mol. The molecule has 0 heterocycles. The minimum absolute atomic E-state index is 0.101. The van der Waals surface area contributed by atoms with Gasteiger partial charge in [-0.25, -0.2) is 13.8 Å². The molecular formula is C27H31N3O5S. The molecule has 0 spiro atoms. The third-order valence-corrected chi connectivity index (χ3v) is 7.61. The van der Waals surface area contributed by atoms with Crippen molar-refractivity contribution in [2.24, 2.45) is 5.10 Å². The van der Waals surface area contributed by atoms with Crippen molar-refractivity contribution in [1.82, 2.24) is 5.43 Å². The fourth-order valence-electron chi connectivity index (χ4n) is 3.47. The minimum atomic E-state index is -4.01. The summed E-state index contributed by atoms with van der Waals surface area (Å²) in [5.41, 5.74) is 6.98. The van der Waals surface area contributed by atoms with Crippen molar-refractivity contribution < 1.29 is 22.7 Å². The summed E-state index contributed by atoms with van der Waals surface area (Å²) in [7, 11) is -0.930. The van der Waals surface area contributed by atoms with Crippen molar-refractivity contribution in [1.29, 1.82) is 0 Å². The van der Waals surface area contributed by atoms with Crippen LogP contribution in [-0.2, 0) is 14.8 Å². The number of carbonyl (C=O) groups excluding carboxylic acids is 1. The number of nitrogens with zero attached hydrogens (tertiary/aromatic N) is 2. The van der Waals surface area contributed by atoms with Crippen molar-refractivity contribution in [3.8, 4) is 11.5 Å². The highest BCUT2D eigenvalue weighted by atomic mass is 32.2. The molecule has 3 aromatic rings. The smallest absolute Gasteiger partial charge is 0.264 e. The van der Waals surface area contributed by atoms with Crippen LogP contribution in [0.5, 0.6) is 11.5 Å². The van der Waals surface area contributed by atoms with E-state index in [1.54, 1.807) is 56.5 Å². The number of nitrogens with one attached hydrogen (secondary N) is 1. The highest BCUT2D eigenvalue weighted by Crippen LogP contribution is 2.28. The van der Waals surface area contributed by atoms with Gasteiger partial charge in [-0.3, -0.25) is 9.10 Å². The lowest BCUT2D eigenvalue weighted by molar-refractivity contribution is -0.119. The average Bonchev–Trinajstić information content (AvgIpc) is 2.87. The third-order valence-electron chi connectivity index (χ3n) is 5.82. The summed E-state index contributed by atoms with van der Waals surface area (Å²) in [5.74, 6) is 0.521. The maximum Gasteiger partial charge on any atom is 0.264 e. The zero-order valence-electron chi connectivity index (χ0n) is 21.3. The van der Waals surface area contributed by atoms with Gasteiger partial charge in [0, 0.05) is 5.56 Å². The van der Waals surface area contributed by atoms with Gasteiger partial charge in [0.25, 0.3) is 15.9 Å². The second-order valence-electron chi connectivity index (χ2n) is 8.40. The van der Waals surface area contributed by atoms with Gasteiger partial charge in [-0.2, -0.15) is 5.10 Å². The molecule has 1 amide bonds. The number of anilines is 1. The van der Waals surface area contributed by atoms with Gasteiger partial charge in [0.05, 0.1) is 30.5 Å². The normalized spacial score (nSPS) is 11.7. The molecule has 0 atom stereocenters. The molecule has 190 valence electrons. The van der Waals surface area contributed by atoms with Gasteiger partial charge < -0.3 is 9.47 Å². The number of rotatable bonds is 9. The molecule has 8 nitrogen and oxygen atoms in total. The number of hydrogen-bond donors (Lipinski definition) is 1. The van der Waals surface area contributed by atoms with Gasteiger partial charge >= 0.3 is 0 Å². The van der Waals surface area contributed by atoms with E-state index in [9.17, 15) is 13.2 Å². The maximum absolute atomic E-state index is 13.6. The zero-order chi connectivity index (χ0) is 26.5. The maximum atomic E-state index is 13.6. The SMILES string of the molecule is COc1ccc(/C(C)=N\NC(=O)CN(c2ccc(C)c(C)c2)S(=O)(=O)c2ccc(C)cc2)cc1OC. The lowest BCUT2D eigenvalue weighted by Crippen LogP contribution is -2.39. The molecule has 0 aromatic heterocycles. The Morgan fingerprint density at radius 3 is 2.17 bits per heavy atom. The molecule has 0 aliphatic carbocycles. The first-order valence-electron chi connectivity index (χ1n) is 11.3. The highest BCUT2D eigenvalue weighted by molar-refractivity contribution is 7.92. The van der Waals surface area contributed by atoms with E-state index < -0.39 is 22.5 Å². The van der Waals surface area contributed by atoms with Gasteiger partial charge in [-0.15, -0.1) is 0 Å². The number of hydrogen-bond acceptors (Lipinski definition) is 6. The Kier molecular flexibility index (Phi) is 8.37. The number of aryl methyl sites for hydroxylation is 3. The van der Waals surface area contributed by atoms with Crippen molar-refractivity contribution in [3.05, 3.63) is 82.9 Å². The number of methoxy groups -OCH3 is 2. The molecule has 0 fully saturated rings. The second kappa shape index (κ2) is 11.3. The van der Waals surface area contributed by atoms with Crippen molar-refractivity contribution in [3.63, 3.8) is 0 Å². The lowest BCUT2D eigenvalue weighted by atomic mass is 10.1. The largest absolute Gasteiger partial charge is 0.493 e. The van der Waals surface area contributed by atoms with Crippen LogP contribution < -0.4 is 19.2 Å². The molecule has 0 unspecified atom stereocenters. The quantitative estimate of drug-likeness (QED) is 0.341. The number of benzene rings is 3. The molecule has 0 saturated carbocycles. The fraction of sp³-hybridized carbons (Fsp3) is 0.259. The summed E-state index contributed by atoms with van der Waals surface area (Å²) in [4.78, 5) is 13.0. The van der Waals surface area contributed by atoms with Crippen LogP contribution in [0.2, 0.25) is 0 Å². The Morgan fingerprint density at radius 2 is 1.56 bits per heavy atom. The number of sulfonamides is 1. The number of hydrazone groups is 1. The Bertz CT molecular complexity index is 1380.